The van der Waals surface area contributed by atoms with Gasteiger partial charge in [-0.2, -0.15) is 5.10 Å². The van der Waals surface area contributed by atoms with E-state index in [1.54, 1.807) is 0 Å². The van der Waals surface area contributed by atoms with E-state index in [0.29, 0.717) is 5.88 Å². The second-order valence-electron chi connectivity index (χ2n) is 4.95. The SMILES string of the molecule is CCc1nn(CC)c(CC(CCl)c2ccccc2Cl)c1Cl. The molecular weight excluding hydrogens is 327 g/mol. The van der Waals surface area contributed by atoms with Crippen molar-refractivity contribution >= 4 is 34.8 Å². The minimum atomic E-state index is 0.129. The van der Waals surface area contributed by atoms with Crippen LogP contribution in [-0.2, 0) is 19.4 Å². The molecule has 0 N–H and O–H groups in total. The number of halogens is 3. The Morgan fingerprint density at radius 2 is 1.90 bits per heavy atom. The Balaban J connectivity index is 2.35. The van der Waals surface area contributed by atoms with Crippen molar-refractivity contribution in [1.29, 1.82) is 0 Å². The van der Waals surface area contributed by atoms with Crippen LogP contribution in [0.1, 0.15) is 36.7 Å². The van der Waals surface area contributed by atoms with Gasteiger partial charge < -0.3 is 0 Å². The first-order valence-corrected chi connectivity index (χ1v) is 8.45. The third kappa shape index (κ3) is 3.56. The maximum absolute atomic E-state index is 6.48. The van der Waals surface area contributed by atoms with Gasteiger partial charge >= 0.3 is 0 Å². The van der Waals surface area contributed by atoms with Crippen molar-refractivity contribution in [2.24, 2.45) is 0 Å². The smallest absolute Gasteiger partial charge is 0.0850 e. The van der Waals surface area contributed by atoms with E-state index in [4.69, 9.17) is 34.8 Å². The molecule has 2 nitrogen and oxygen atoms in total. The Morgan fingerprint density at radius 3 is 2.48 bits per heavy atom. The number of aryl methyl sites for hydroxylation is 2. The van der Waals surface area contributed by atoms with Gasteiger partial charge in [-0.15, -0.1) is 11.6 Å². The number of benzene rings is 1. The highest BCUT2D eigenvalue weighted by molar-refractivity contribution is 6.32. The van der Waals surface area contributed by atoms with Crippen LogP contribution in [0.15, 0.2) is 24.3 Å². The van der Waals surface area contributed by atoms with E-state index in [1.807, 2.05) is 28.9 Å². The van der Waals surface area contributed by atoms with Crippen LogP contribution in [0, 0.1) is 0 Å². The molecule has 0 amide bonds. The first-order valence-electron chi connectivity index (χ1n) is 7.16. The summed E-state index contributed by atoms with van der Waals surface area (Å²) in [5, 5.41) is 6.07. The van der Waals surface area contributed by atoms with Gasteiger partial charge in [-0.05, 0) is 31.4 Å². The normalized spacial score (nSPS) is 12.6. The second-order valence-corrected chi connectivity index (χ2v) is 6.05. The largest absolute Gasteiger partial charge is 0.268 e. The van der Waals surface area contributed by atoms with Gasteiger partial charge in [0.2, 0.25) is 0 Å². The molecule has 0 fully saturated rings. The zero-order valence-corrected chi connectivity index (χ0v) is 14.5. The summed E-state index contributed by atoms with van der Waals surface area (Å²) in [5.74, 6) is 0.626. The predicted octanol–water partition coefficient (Wildman–Crippen LogP) is 5.34. The summed E-state index contributed by atoms with van der Waals surface area (Å²) in [5.41, 5.74) is 3.05. The van der Waals surface area contributed by atoms with E-state index in [2.05, 4.69) is 18.9 Å². The van der Waals surface area contributed by atoms with Crippen molar-refractivity contribution in [3.8, 4) is 0 Å². The monoisotopic (exact) mass is 344 g/mol. The van der Waals surface area contributed by atoms with Gasteiger partial charge in [0.25, 0.3) is 0 Å². The van der Waals surface area contributed by atoms with Crippen LogP contribution in [0.5, 0.6) is 0 Å². The molecule has 0 bridgehead atoms. The van der Waals surface area contributed by atoms with Crippen molar-refractivity contribution in [2.45, 2.75) is 39.2 Å². The highest BCUT2D eigenvalue weighted by Crippen LogP contribution is 2.32. The number of aromatic nitrogens is 2. The topological polar surface area (TPSA) is 17.8 Å². The first kappa shape index (κ1) is 16.7. The lowest BCUT2D eigenvalue weighted by Crippen LogP contribution is -2.11. The molecule has 0 saturated heterocycles. The molecule has 0 aliphatic heterocycles. The van der Waals surface area contributed by atoms with E-state index in [9.17, 15) is 0 Å². The van der Waals surface area contributed by atoms with Crippen molar-refractivity contribution in [1.82, 2.24) is 9.78 Å². The molecule has 1 aromatic carbocycles. The molecule has 1 unspecified atom stereocenters. The van der Waals surface area contributed by atoms with Gasteiger partial charge in [0.15, 0.2) is 0 Å². The first-order chi connectivity index (χ1) is 10.1. The molecule has 114 valence electrons. The van der Waals surface area contributed by atoms with Crippen LogP contribution in [0.2, 0.25) is 10.0 Å². The van der Waals surface area contributed by atoms with Crippen LogP contribution in [0.4, 0.5) is 0 Å². The zero-order chi connectivity index (χ0) is 15.4. The van der Waals surface area contributed by atoms with Gasteiger partial charge in [0.1, 0.15) is 0 Å². The summed E-state index contributed by atoms with van der Waals surface area (Å²) in [7, 11) is 0. The summed E-state index contributed by atoms with van der Waals surface area (Å²) in [6.45, 7) is 4.93. The van der Waals surface area contributed by atoms with Gasteiger partial charge in [-0.25, -0.2) is 0 Å². The Morgan fingerprint density at radius 1 is 1.19 bits per heavy atom. The van der Waals surface area contributed by atoms with Crippen molar-refractivity contribution in [3.05, 3.63) is 51.3 Å². The molecule has 21 heavy (non-hydrogen) atoms. The fourth-order valence-corrected chi connectivity index (χ4v) is 3.41. The number of rotatable bonds is 6. The van der Waals surface area contributed by atoms with Crippen LogP contribution >= 0.6 is 34.8 Å². The Labute approximate surface area is 141 Å². The number of hydrogen-bond acceptors (Lipinski definition) is 1. The van der Waals surface area contributed by atoms with Gasteiger partial charge in [-0.3, -0.25) is 4.68 Å². The molecule has 0 spiro atoms. The van der Waals surface area contributed by atoms with E-state index in [1.165, 1.54) is 0 Å². The second kappa shape index (κ2) is 7.53. The molecule has 1 atom stereocenters. The van der Waals surface area contributed by atoms with Crippen molar-refractivity contribution in [2.75, 3.05) is 5.88 Å². The minimum Gasteiger partial charge on any atom is -0.268 e. The van der Waals surface area contributed by atoms with E-state index in [0.717, 1.165) is 46.4 Å². The molecule has 0 saturated carbocycles. The summed E-state index contributed by atoms with van der Waals surface area (Å²) in [6.07, 6.45) is 1.57. The molecule has 1 aromatic heterocycles. The lowest BCUT2D eigenvalue weighted by Gasteiger charge is -2.17. The number of nitrogens with zero attached hydrogens (tertiary/aromatic N) is 2. The van der Waals surface area contributed by atoms with E-state index < -0.39 is 0 Å². The zero-order valence-electron chi connectivity index (χ0n) is 12.2. The van der Waals surface area contributed by atoms with Gasteiger partial charge in [0, 0.05) is 23.4 Å². The Kier molecular flexibility index (Phi) is 5.98. The van der Waals surface area contributed by atoms with E-state index >= 15 is 0 Å². The maximum Gasteiger partial charge on any atom is 0.0850 e. The third-order valence-electron chi connectivity index (χ3n) is 3.67. The molecule has 0 radical (unpaired) electrons. The lowest BCUT2D eigenvalue weighted by molar-refractivity contribution is 0.593. The Hall–Kier alpha value is -0.700. The minimum absolute atomic E-state index is 0.129. The number of hydrogen-bond donors (Lipinski definition) is 0. The van der Waals surface area contributed by atoms with E-state index in [-0.39, 0.29) is 5.92 Å². The maximum atomic E-state index is 6.48. The average Bonchev–Trinajstić information content (AvgIpc) is 2.81. The fourth-order valence-electron chi connectivity index (χ4n) is 2.50. The Bertz CT molecular complexity index is 608. The standard InChI is InChI=1S/C16H19Cl3N2/c1-3-14-16(19)15(21(4-2)20-14)9-11(10-17)12-7-5-6-8-13(12)18/h5-8,11H,3-4,9-10H2,1-2H3. The third-order valence-corrected chi connectivity index (χ3v) is 4.82. The fraction of sp³-hybridized carbons (Fsp3) is 0.438. The highest BCUT2D eigenvalue weighted by atomic mass is 35.5. The molecule has 1 heterocycles. The van der Waals surface area contributed by atoms with Crippen LogP contribution in [0.3, 0.4) is 0 Å². The van der Waals surface area contributed by atoms with Crippen molar-refractivity contribution in [3.63, 3.8) is 0 Å². The predicted molar refractivity (Wildman–Crippen MR) is 90.9 cm³/mol. The molecular formula is C16H19Cl3N2. The summed E-state index contributed by atoms with van der Waals surface area (Å²) in [6, 6.07) is 7.83. The molecule has 5 heteroatoms. The average molecular weight is 346 g/mol. The van der Waals surface area contributed by atoms with Gasteiger partial charge in [0.05, 0.1) is 16.4 Å². The summed E-state index contributed by atoms with van der Waals surface area (Å²) < 4.78 is 1.97. The van der Waals surface area contributed by atoms with Crippen LogP contribution < -0.4 is 0 Å². The number of alkyl halides is 1. The van der Waals surface area contributed by atoms with Crippen LogP contribution in [-0.4, -0.2) is 15.7 Å². The molecule has 2 rings (SSSR count). The quantitative estimate of drug-likeness (QED) is 0.646. The van der Waals surface area contributed by atoms with Crippen molar-refractivity contribution < 1.29 is 0 Å². The molecule has 0 aliphatic carbocycles. The lowest BCUT2D eigenvalue weighted by atomic mass is 9.95. The molecule has 0 aliphatic rings. The summed E-state index contributed by atoms with van der Waals surface area (Å²) >= 11 is 19.0. The molecule has 2 aromatic rings. The summed E-state index contributed by atoms with van der Waals surface area (Å²) in [4.78, 5) is 0. The highest BCUT2D eigenvalue weighted by Gasteiger charge is 2.21. The van der Waals surface area contributed by atoms with Gasteiger partial charge in [-0.1, -0.05) is 48.3 Å². The van der Waals surface area contributed by atoms with Crippen LogP contribution in [0.25, 0.3) is 0 Å².